The normalized spacial score (nSPS) is 30.7. The van der Waals surface area contributed by atoms with Crippen molar-refractivity contribution < 1.29 is 9.47 Å². The van der Waals surface area contributed by atoms with Crippen molar-refractivity contribution in [1.29, 1.82) is 0 Å². The van der Waals surface area contributed by atoms with Gasteiger partial charge in [0.15, 0.2) is 11.6 Å². The summed E-state index contributed by atoms with van der Waals surface area (Å²) in [5, 5.41) is 0. The minimum absolute atomic E-state index is 0.0421. The zero-order chi connectivity index (χ0) is 13.3. The van der Waals surface area contributed by atoms with Gasteiger partial charge in [-0.1, -0.05) is 0 Å². The molecule has 0 amide bonds. The van der Waals surface area contributed by atoms with Crippen LogP contribution in [0.4, 0.5) is 5.82 Å². The van der Waals surface area contributed by atoms with Crippen molar-refractivity contribution in [2.24, 2.45) is 0 Å². The van der Waals surface area contributed by atoms with Crippen LogP contribution in [0.1, 0.15) is 25.0 Å². The van der Waals surface area contributed by atoms with Crippen LogP contribution < -0.4 is 10.5 Å². The Kier molecular flexibility index (Phi) is 3.58. The Morgan fingerprint density at radius 1 is 1.53 bits per heavy atom. The van der Waals surface area contributed by atoms with E-state index in [4.69, 9.17) is 15.2 Å². The molecule has 2 fully saturated rings. The van der Waals surface area contributed by atoms with Crippen LogP contribution in [0.25, 0.3) is 0 Å². The van der Waals surface area contributed by atoms with E-state index in [0.29, 0.717) is 11.6 Å². The molecule has 2 N–H and O–H groups in total. The number of thioether (sulfide) groups is 1. The van der Waals surface area contributed by atoms with Gasteiger partial charge in [-0.3, -0.25) is 0 Å². The maximum Gasteiger partial charge on any atom is 0.166 e. The molecule has 2 saturated heterocycles. The summed E-state index contributed by atoms with van der Waals surface area (Å²) in [5.41, 5.74) is 6.87. The molecule has 3 heterocycles. The lowest BCUT2D eigenvalue weighted by Gasteiger charge is -2.37. The molecule has 2 atom stereocenters. The van der Waals surface area contributed by atoms with Crippen LogP contribution in [0, 0.1) is 6.92 Å². The van der Waals surface area contributed by atoms with Gasteiger partial charge in [0.05, 0.1) is 12.2 Å². The fourth-order valence-corrected chi connectivity index (χ4v) is 4.17. The van der Waals surface area contributed by atoms with Gasteiger partial charge in [0.25, 0.3) is 0 Å². The maximum absolute atomic E-state index is 6.05. The van der Waals surface area contributed by atoms with E-state index in [9.17, 15) is 0 Å². The lowest BCUT2D eigenvalue weighted by atomic mass is 9.91. The van der Waals surface area contributed by atoms with Crippen LogP contribution in [-0.2, 0) is 4.74 Å². The van der Waals surface area contributed by atoms with Crippen LogP contribution >= 0.6 is 11.8 Å². The van der Waals surface area contributed by atoms with Crippen molar-refractivity contribution in [3.8, 4) is 5.75 Å². The number of nitrogens with two attached hydrogens (primary N) is 1. The molecule has 0 radical (unpaired) electrons. The number of pyridine rings is 1. The van der Waals surface area contributed by atoms with Gasteiger partial charge in [-0.25, -0.2) is 4.98 Å². The van der Waals surface area contributed by atoms with E-state index in [1.54, 1.807) is 0 Å². The third-order valence-electron chi connectivity index (χ3n) is 3.83. The molecule has 2 aliphatic heterocycles. The second-order valence-corrected chi connectivity index (χ2v) is 6.51. The number of nitrogen functional groups attached to an aromatic ring is 1. The van der Waals surface area contributed by atoms with E-state index < -0.39 is 0 Å². The molecular weight excluding hydrogens is 260 g/mol. The Hall–Kier alpha value is -0.940. The van der Waals surface area contributed by atoms with Gasteiger partial charge in [0.1, 0.15) is 6.10 Å². The first-order chi connectivity index (χ1) is 9.17. The molecule has 0 bridgehead atoms. The average Bonchev–Trinajstić information content (AvgIpc) is 2.81. The maximum atomic E-state index is 6.05. The quantitative estimate of drug-likeness (QED) is 0.901. The van der Waals surface area contributed by atoms with Gasteiger partial charge in [0, 0.05) is 24.3 Å². The number of aryl methyl sites for hydroxylation is 1. The monoisotopic (exact) mass is 280 g/mol. The molecule has 0 aliphatic carbocycles. The second-order valence-electron chi connectivity index (χ2n) is 5.40. The molecule has 19 heavy (non-hydrogen) atoms. The summed E-state index contributed by atoms with van der Waals surface area (Å²) in [6.07, 6.45) is 3.23. The highest BCUT2D eigenvalue weighted by molar-refractivity contribution is 7.99. The van der Waals surface area contributed by atoms with E-state index in [-0.39, 0.29) is 11.7 Å². The molecular formula is C14H20N2O2S. The molecule has 0 saturated carbocycles. The largest absolute Gasteiger partial charge is 0.486 e. The van der Waals surface area contributed by atoms with Gasteiger partial charge in [-0.05, 0) is 31.2 Å². The fraction of sp³-hybridized carbons (Fsp3) is 0.643. The smallest absolute Gasteiger partial charge is 0.166 e. The Morgan fingerprint density at radius 2 is 2.42 bits per heavy atom. The number of nitrogens with zero attached hydrogens (tertiary/aromatic N) is 1. The van der Waals surface area contributed by atoms with Crippen LogP contribution in [0.3, 0.4) is 0 Å². The van der Waals surface area contributed by atoms with Crippen molar-refractivity contribution >= 4 is 17.6 Å². The van der Waals surface area contributed by atoms with Crippen LogP contribution in [0.15, 0.2) is 12.1 Å². The molecule has 2 unspecified atom stereocenters. The average molecular weight is 280 g/mol. The highest BCUT2D eigenvalue weighted by Gasteiger charge is 2.41. The van der Waals surface area contributed by atoms with Crippen molar-refractivity contribution in [3.05, 3.63) is 17.8 Å². The van der Waals surface area contributed by atoms with E-state index >= 15 is 0 Å². The van der Waals surface area contributed by atoms with Gasteiger partial charge in [-0.2, -0.15) is 11.8 Å². The lowest BCUT2D eigenvalue weighted by molar-refractivity contribution is -0.0958. The Labute approximate surface area is 118 Å². The fourth-order valence-electron chi connectivity index (χ4n) is 2.79. The number of rotatable bonds is 2. The predicted molar refractivity (Wildman–Crippen MR) is 77.7 cm³/mol. The minimum Gasteiger partial charge on any atom is -0.486 e. The molecule has 4 nitrogen and oxygen atoms in total. The topological polar surface area (TPSA) is 57.4 Å². The molecule has 2 aliphatic rings. The number of hydrogen-bond acceptors (Lipinski definition) is 5. The van der Waals surface area contributed by atoms with Crippen molar-refractivity contribution in [2.45, 2.75) is 37.9 Å². The summed E-state index contributed by atoms with van der Waals surface area (Å²) >= 11 is 1.98. The number of ether oxygens (including phenoxy) is 2. The SMILES string of the molecule is Cc1ccc(OC2CCOC3(CCSC3)C2)c(N)n1. The first kappa shape index (κ1) is 13.1. The molecule has 104 valence electrons. The van der Waals surface area contributed by atoms with Gasteiger partial charge >= 0.3 is 0 Å². The molecule has 0 aromatic carbocycles. The van der Waals surface area contributed by atoms with Crippen LogP contribution in [0.5, 0.6) is 5.75 Å². The molecule has 1 spiro atoms. The minimum atomic E-state index is 0.0421. The molecule has 5 heteroatoms. The highest BCUT2D eigenvalue weighted by Crippen LogP contribution is 2.39. The molecule has 3 rings (SSSR count). The van der Waals surface area contributed by atoms with Crippen molar-refractivity contribution in [2.75, 3.05) is 23.8 Å². The number of hydrogen-bond donors (Lipinski definition) is 1. The summed E-state index contributed by atoms with van der Waals surface area (Å²) in [6.45, 7) is 2.71. The summed E-state index contributed by atoms with van der Waals surface area (Å²) in [7, 11) is 0. The Morgan fingerprint density at radius 3 is 3.16 bits per heavy atom. The van der Waals surface area contributed by atoms with Crippen LogP contribution in [-0.4, -0.2) is 34.8 Å². The first-order valence-corrected chi connectivity index (χ1v) is 7.94. The standard InChI is InChI=1S/C14H20N2O2S/c1-10-2-3-12(13(15)16-10)18-11-4-6-17-14(8-11)5-7-19-9-14/h2-3,11H,4-9H2,1H3,(H2,15,16). The predicted octanol–water partition coefficient (Wildman–Crippen LogP) is 2.41. The summed E-state index contributed by atoms with van der Waals surface area (Å²) in [6, 6.07) is 3.86. The summed E-state index contributed by atoms with van der Waals surface area (Å²) in [4.78, 5) is 4.25. The summed E-state index contributed by atoms with van der Waals surface area (Å²) < 4.78 is 12.0. The third-order valence-corrected chi connectivity index (χ3v) is 5.06. The van der Waals surface area contributed by atoms with E-state index in [1.165, 1.54) is 5.75 Å². The molecule has 1 aromatic heterocycles. The van der Waals surface area contributed by atoms with E-state index in [1.807, 2.05) is 30.8 Å². The Bertz CT molecular complexity index is 461. The van der Waals surface area contributed by atoms with Gasteiger partial charge < -0.3 is 15.2 Å². The zero-order valence-corrected chi connectivity index (χ0v) is 12.0. The van der Waals surface area contributed by atoms with Gasteiger partial charge in [0.2, 0.25) is 0 Å². The van der Waals surface area contributed by atoms with E-state index in [2.05, 4.69) is 4.98 Å². The summed E-state index contributed by atoms with van der Waals surface area (Å²) in [5.74, 6) is 3.48. The third kappa shape index (κ3) is 2.82. The van der Waals surface area contributed by atoms with Crippen molar-refractivity contribution in [1.82, 2.24) is 4.98 Å². The van der Waals surface area contributed by atoms with E-state index in [0.717, 1.165) is 37.3 Å². The number of aromatic nitrogens is 1. The first-order valence-electron chi connectivity index (χ1n) is 6.78. The highest BCUT2D eigenvalue weighted by atomic mass is 32.2. The van der Waals surface area contributed by atoms with Gasteiger partial charge in [-0.15, -0.1) is 0 Å². The molecule has 1 aromatic rings. The van der Waals surface area contributed by atoms with Crippen LogP contribution in [0.2, 0.25) is 0 Å². The second kappa shape index (κ2) is 5.21. The zero-order valence-electron chi connectivity index (χ0n) is 11.2. The number of anilines is 1. The lowest BCUT2D eigenvalue weighted by Crippen LogP contribution is -2.43. The van der Waals surface area contributed by atoms with Crippen molar-refractivity contribution in [3.63, 3.8) is 0 Å². The Balaban J connectivity index is 1.69.